The molecule has 1 amide bonds. The summed E-state index contributed by atoms with van der Waals surface area (Å²) in [6.07, 6.45) is 1.60. The fourth-order valence-electron chi connectivity index (χ4n) is 2.89. The van der Waals surface area contributed by atoms with Gasteiger partial charge < -0.3 is 9.47 Å². The molecule has 5 nitrogen and oxygen atoms in total. The number of hydrogen-bond acceptors (Lipinski definition) is 6. The van der Waals surface area contributed by atoms with E-state index >= 15 is 0 Å². The van der Waals surface area contributed by atoms with Crippen LogP contribution in [0.25, 0.3) is 0 Å². The van der Waals surface area contributed by atoms with Crippen molar-refractivity contribution in [1.82, 2.24) is 5.01 Å². The van der Waals surface area contributed by atoms with Crippen LogP contribution < -0.4 is 9.47 Å². The topological polar surface area (TPSA) is 51.1 Å². The highest BCUT2D eigenvalue weighted by Gasteiger charge is 2.26. The summed E-state index contributed by atoms with van der Waals surface area (Å²) >= 11 is 6.48. The van der Waals surface area contributed by atoms with Crippen molar-refractivity contribution < 1.29 is 14.3 Å². The van der Waals surface area contributed by atoms with E-state index in [1.54, 1.807) is 6.21 Å². The Morgan fingerprint density at radius 1 is 0.903 bits per heavy atom. The highest BCUT2D eigenvalue weighted by Crippen LogP contribution is 2.30. The van der Waals surface area contributed by atoms with Crippen LogP contribution in [-0.4, -0.2) is 27.2 Å². The van der Waals surface area contributed by atoms with E-state index in [0.29, 0.717) is 34.8 Å². The average molecular weight is 449 g/mol. The monoisotopic (exact) mass is 448 g/mol. The predicted octanol–water partition coefficient (Wildman–Crippen LogP) is 5.04. The summed E-state index contributed by atoms with van der Waals surface area (Å²) in [5, 5.41) is 5.49. The number of ether oxygens (including phenoxy) is 2. The number of carbonyl (C=O) groups excluding carboxylic acids is 1. The number of hydrazone groups is 1. The minimum atomic E-state index is -0.116. The lowest BCUT2D eigenvalue weighted by Gasteiger charge is -2.14. The standard InChI is InChI=1S/C24H20N2O3S2/c27-23-17-31-24(30)26(23)25-14-20-11-12-21(28-15-18-7-3-1-4-8-18)22(13-20)29-16-19-9-5-2-6-10-19/h1-14H,15-17H2/b25-14-. The molecule has 156 valence electrons. The minimum Gasteiger partial charge on any atom is -0.485 e. The highest BCUT2D eigenvalue weighted by molar-refractivity contribution is 8.23. The third kappa shape index (κ3) is 5.71. The van der Waals surface area contributed by atoms with Gasteiger partial charge in [0.05, 0.1) is 12.0 Å². The third-order valence-electron chi connectivity index (χ3n) is 4.49. The van der Waals surface area contributed by atoms with E-state index in [9.17, 15) is 4.79 Å². The van der Waals surface area contributed by atoms with Crippen LogP contribution in [0.1, 0.15) is 16.7 Å². The molecule has 7 heteroatoms. The number of rotatable bonds is 8. The van der Waals surface area contributed by atoms with Crippen LogP contribution in [0.4, 0.5) is 0 Å². The Morgan fingerprint density at radius 3 is 2.10 bits per heavy atom. The van der Waals surface area contributed by atoms with Gasteiger partial charge in [0.2, 0.25) is 0 Å². The normalized spacial score (nSPS) is 13.7. The van der Waals surface area contributed by atoms with E-state index < -0.39 is 0 Å². The van der Waals surface area contributed by atoms with Gasteiger partial charge in [-0.05, 0) is 34.9 Å². The summed E-state index contributed by atoms with van der Waals surface area (Å²) in [4.78, 5) is 11.9. The summed E-state index contributed by atoms with van der Waals surface area (Å²) in [6.45, 7) is 0.845. The number of benzene rings is 3. The van der Waals surface area contributed by atoms with Crippen LogP contribution in [-0.2, 0) is 18.0 Å². The van der Waals surface area contributed by atoms with Gasteiger partial charge in [-0.15, -0.1) is 0 Å². The Kier molecular flexibility index (Phi) is 6.96. The van der Waals surface area contributed by atoms with Crippen molar-refractivity contribution in [2.45, 2.75) is 13.2 Å². The molecule has 0 atom stereocenters. The first-order valence-corrected chi connectivity index (χ1v) is 11.1. The Hall–Kier alpha value is -3.16. The average Bonchev–Trinajstić information content (AvgIpc) is 3.14. The van der Waals surface area contributed by atoms with Crippen LogP contribution in [0.3, 0.4) is 0 Å². The summed E-state index contributed by atoms with van der Waals surface area (Å²) < 4.78 is 12.6. The highest BCUT2D eigenvalue weighted by atomic mass is 32.2. The first kappa shape index (κ1) is 21.1. The van der Waals surface area contributed by atoms with E-state index in [2.05, 4.69) is 5.10 Å². The molecule has 0 N–H and O–H groups in total. The van der Waals surface area contributed by atoms with Crippen LogP contribution in [0.5, 0.6) is 11.5 Å². The first-order chi connectivity index (χ1) is 15.2. The zero-order valence-corrected chi connectivity index (χ0v) is 18.3. The second-order valence-electron chi connectivity index (χ2n) is 6.76. The Morgan fingerprint density at radius 2 is 1.52 bits per heavy atom. The fraction of sp³-hybridized carbons (Fsp3) is 0.125. The van der Waals surface area contributed by atoms with E-state index in [4.69, 9.17) is 21.7 Å². The first-order valence-electron chi connectivity index (χ1n) is 9.70. The van der Waals surface area contributed by atoms with Gasteiger partial charge in [-0.25, -0.2) is 0 Å². The number of nitrogens with zero attached hydrogens (tertiary/aromatic N) is 2. The summed E-state index contributed by atoms with van der Waals surface area (Å²) in [7, 11) is 0. The third-order valence-corrected chi connectivity index (χ3v) is 5.83. The Labute approximate surface area is 190 Å². The molecule has 1 heterocycles. The van der Waals surface area contributed by atoms with Gasteiger partial charge in [-0.2, -0.15) is 10.1 Å². The second kappa shape index (κ2) is 10.2. The number of thiocarbonyl (C=S) groups is 1. The molecule has 3 aromatic carbocycles. The molecule has 0 radical (unpaired) electrons. The quantitative estimate of drug-likeness (QED) is 0.357. The molecule has 0 bridgehead atoms. The zero-order chi connectivity index (χ0) is 21.5. The predicted molar refractivity (Wildman–Crippen MR) is 127 cm³/mol. The van der Waals surface area contributed by atoms with Crippen molar-refractivity contribution in [2.75, 3.05) is 5.75 Å². The molecule has 1 saturated heterocycles. The number of hydrogen-bond donors (Lipinski definition) is 0. The van der Waals surface area contributed by atoms with Crippen molar-refractivity contribution in [1.29, 1.82) is 0 Å². The van der Waals surface area contributed by atoms with E-state index in [1.165, 1.54) is 16.8 Å². The van der Waals surface area contributed by atoms with Crippen molar-refractivity contribution in [3.63, 3.8) is 0 Å². The van der Waals surface area contributed by atoms with E-state index in [0.717, 1.165) is 16.7 Å². The molecular weight excluding hydrogens is 428 g/mol. The van der Waals surface area contributed by atoms with Crippen molar-refractivity contribution >= 4 is 40.4 Å². The second-order valence-corrected chi connectivity index (χ2v) is 8.37. The minimum absolute atomic E-state index is 0.116. The lowest BCUT2D eigenvalue weighted by atomic mass is 10.2. The van der Waals surface area contributed by atoms with Crippen LogP contribution in [0.2, 0.25) is 0 Å². The smallest absolute Gasteiger partial charge is 0.259 e. The van der Waals surface area contributed by atoms with Crippen LogP contribution in [0, 0.1) is 0 Å². The van der Waals surface area contributed by atoms with Crippen molar-refractivity contribution in [2.24, 2.45) is 5.10 Å². The summed E-state index contributed by atoms with van der Waals surface area (Å²) in [5.74, 6) is 1.46. The van der Waals surface area contributed by atoms with Gasteiger partial charge in [-0.1, -0.05) is 84.6 Å². The lowest BCUT2D eigenvalue weighted by Crippen LogP contribution is -2.22. The van der Waals surface area contributed by atoms with Gasteiger partial charge >= 0.3 is 0 Å². The summed E-state index contributed by atoms with van der Waals surface area (Å²) in [5.41, 5.74) is 2.91. The molecule has 31 heavy (non-hydrogen) atoms. The molecule has 0 aromatic heterocycles. The van der Waals surface area contributed by atoms with E-state index in [1.807, 2.05) is 78.9 Å². The van der Waals surface area contributed by atoms with Crippen molar-refractivity contribution in [3.8, 4) is 11.5 Å². The Balaban J connectivity index is 1.53. The van der Waals surface area contributed by atoms with Gasteiger partial charge in [0, 0.05) is 0 Å². The maximum Gasteiger partial charge on any atom is 0.259 e. The molecule has 0 spiro atoms. The summed E-state index contributed by atoms with van der Waals surface area (Å²) in [6, 6.07) is 25.5. The molecule has 4 rings (SSSR count). The van der Waals surface area contributed by atoms with Crippen LogP contribution in [0.15, 0.2) is 84.0 Å². The van der Waals surface area contributed by atoms with Gasteiger partial charge in [0.15, 0.2) is 15.8 Å². The largest absolute Gasteiger partial charge is 0.485 e. The van der Waals surface area contributed by atoms with Gasteiger partial charge in [-0.3, -0.25) is 4.79 Å². The van der Waals surface area contributed by atoms with Gasteiger partial charge in [0.25, 0.3) is 5.91 Å². The molecule has 1 aliphatic rings. The van der Waals surface area contributed by atoms with Crippen LogP contribution >= 0.6 is 24.0 Å². The number of carbonyl (C=O) groups is 1. The SMILES string of the molecule is O=C1CSC(=S)N1/N=C\c1ccc(OCc2ccccc2)c(OCc2ccccc2)c1. The molecular formula is C24H20N2O3S2. The number of thioether (sulfide) groups is 1. The van der Waals surface area contributed by atoms with Crippen molar-refractivity contribution in [3.05, 3.63) is 95.6 Å². The zero-order valence-electron chi connectivity index (χ0n) is 16.6. The maximum absolute atomic E-state index is 11.9. The molecule has 3 aromatic rings. The maximum atomic E-state index is 11.9. The molecule has 0 aliphatic carbocycles. The van der Waals surface area contributed by atoms with E-state index in [-0.39, 0.29) is 5.91 Å². The fourth-order valence-corrected chi connectivity index (χ4v) is 3.86. The molecule has 1 aliphatic heterocycles. The molecule has 1 fully saturated rings. The van der Waals surface area contributed by atoms with Gasteiger partial charge in [0.1, 0.15) is 13.2 Å². The molecule has 0 unspecified atom stereocenters. The Bertz CT molecular complexity index is 1070. The molecule has 0 saturated carbocycles. The number of amides is 1. The lowest BCUT2D eigenvalue weighted by molar-refractivity contribution is -0.123.